The maximum atomic E-state index is 13.2. The van der Waals surface area contributed by atoms with Crippen molar-refractivity contribution in [2.45, 2.75) is 55.4 Å². The van der Waals surface area contributed by atoms with E-state index in [9.17, 15) is 15.0 Å². The maximum absolute atomic E-state index is 13.2. The lowest BCUT2D eigenvalue weighted by Crippen LogP contribution is -2.80. The van der Waals surface area contributed by atoms with E-state index in [0.717, 1.165) is 36.1 Å². The molecule has 1 saturated heterocycles. The van der Waals surface area contributed by atoms with Gasteiger partial charge in [0.1, 0.15) is 6.10 Å². The van der Waals surface area contributed by atoms with Gasteiger partial charge < -0.3 is 29.2 Å². The number of likely N-dealkylation sites (N-methyl/N-ethyl adjacent to an activating group) is 2. The van der Waals surface area contributed by atoms with E-state index >= 15 is 0 Å². The van der Waals surface area contributed by atoms with Crippen LogP contribution in [0.1, 0.15) is 36.5 Å². The van der Waals surface area contributed by atoms with Gasteiger partial charge in [-0.05, 0) is 62.5 Å². The molecular formula is C26H30N2O5. The normalized spacial score (nSPS) is 36.5. The Morgan fingerprint density at radius 2 is 2.15 bits per heavy atom. The van der Waals surface area contributed by atoms with Gasteiger partial charge in [-0.25, -0.2) is 0 Å². The van der Waals surface area contributed by atoms with Crippen LogP contribution in [0.3, 0.4) is 0 Å². The van der Waals surface area contributed by atoms with Crippen LogP contribution in [0.2, 0.25) is 0 Å². The number of aromatic hydroxyl groups is 1. The average Bonchev–Trinajstić information content (AvgIpc) is 3.43. The van der Waals surface area contributed by atoms with E-state index in [1.165, 1.54) is 0 Å². The number of carbonyl (C=O) groups is 1. The number of piperidine rings is 1. The van der Waals surface area contributed by atoms with Crippen molar-refractivity contribution in [2.75, 3.05) is 20.6 Å². The topological polar surface area (TPSA) is 86.4 Å². The zero-order valence-electron chi connectivity index (χ0n) is 19.2. The molecule has 1 saturated carbocycles. The highest BCUT2D eigenvalue weighted by atomic mass is 16.5. The van der Waals surface area contributed by atoms with Gasteiger partial charge >= 0.3 is 0 Å². The van der Waals surface area contributed by atoms with Crippen LogP contribution in [-0.2, 0) is 16.6 Å². The molecule has 4 aliphatic rings. The molecule has 174 valence electrons. The van der Waals surface area contributed by atoms with Crippen LogP contribution >= 0.6 is 0 Å². The van der Waals surface area contributed by atoms with E-state index in [2.05, 4.69) is 18.9 Å². The third-order valence-electron chi connectivity index (χ3n) is 8.93. The molecule has 0 unspecified atom stereocenters. The number of phenolic OH excluding ortho intramolecular Hbond substituents is 1. The van der Waals surface area contributed by atoms with Crippen LogP contribution in [0, 0.1) is 5.92 Å². The summed E-state index contributed by atoms with van der Waals surface area (Å²) in [5, 5.41) is 23.2. The summed E-state index contributed by atoms with van der Waals surface area (Å²) in [5.41, 5.74) is 1.27. The number of rotatable bonds is 3. The minimum absolute atomic E-state index is 0.0294. The quantitative estimate of drug-likeness (QED) is 0.699. The molecule has 2 bridgehead atoms. The average molecular weight is 451 g/mol. The smallest absolute Gasteiger partial charge is 0.246 e. The van der Waals surface area contributed by atoms with Gasteiger partial charge in [0.25, 0.3) is 0 Å². The van der Waals surface area contributed by atoms with Crippen LogP contribution in [0.4, 0.5) is 0 Å². The van der Waals surface area contributed by atoms with Gasteiger partial charge in [-0.15, -0.1) is 0 Å². The fourth-order valence-corrected chi connectivity index (χ4v) is 7.34. The molecule has 1 aromatic heterocycles. The van der Waals surface area contributed by atoms with Crippen molar-refractivity contribution in [3.8, 4) is 11.5 Å². The Morgan fingerprint density at radius 3 is 2.91 bits per heavy atom. The second-order valence-electron chi connectivity index (χ2n) is 10.3. The Bertz CT molecular complexity index is 1140. The SMILES string of the molecule is C[C@H]1C[C@@H](N(C)C(=O)/C=C/c2ccoc2)[C@@H]2Oc3c(O)ccc4c3[C@@]23CCN(C)[C@H](C4)[C@]13O. The summed E-state index contributed by atoms with van der Waals surface area (Å²) in [6, 6.07) is 5.21. The molecule has 2 aromatic rings. The Hall–Kier alpha value is -2.77. The first kappa shape index (κ1) is 20.8. The van der Waals surface area contributed by atoms with E-state index in [4.69, 9.17) is 9.15 Å². The van der Waals surface area contributed by atoms with Crippen molar-refractivity contribution >= 4 is 12.0 Å². The molecule has 2 aliphatic carbocycles. The van der Waals surface area contributed by atoms with E-state index in [0.29, 0.717) is 12.2 Å². The van der Waals surface area contributed by atoms with Crippen LogP contribution in [0.15, 0.2) is 41.2 Å². The van der Waals surface area contributed by atoms with E-state index in [1.807, 2.05) is 13.1 Å². The summed E-state index contributed by atoms with van der Waals surface area (Å²) in [7, 11) is 3.89. The Labute approximate surface area is 193 Å². The second kappa shape index (κ2) is 6.87. The molecule has 2 aliphatic heterocycles. The first-order valence-electron chi connectivity index (χ1n) is 11.7. The van der Waals surface area contributed by atoms with Crippen LogP contribution < -0.4 is 4.74 Å². The third kappa shape index (κ3) is 2.49. The number of benzene rings is 1. The van der Waals surface area contributed by atoms with E-state index in [-0.39, 0.29) is 29.7 Å². The van der Waals surface area contributed by atoms with Gasteiger partial charge in [0.2, 0.25) is 5.91 Å². The number of nitrogens with zero attached hydrogens (tertiary/aromatic N) is 2. The van der Waals surface area contributed by atoms with Crippen molar-refractivity contribution in [1.29, 1.82) is 0 Å². The van der Waals surface area contributed by atoms with E-state index < -0.39 is 17.1 Å². The molecule has 1 spiro atoms. The van der Waals surface area contributed by atoms with Gasteiger partial charge in [-0.1, -0.05) is 13.0 Å². The minimum Gasteiger partial charge on any atom is -0.504 e. The Kier molecular flexibility index (Phi) is 4.33. The standard InChI is InChI=1S/C26H30N2O5/c1-15-12-18(28(3)21(30)7-4-16-8-11-32-14-16)24-25-9-10-27(2)20(26(15,25)31)13-17-5-6-19(29)23(33-24)22(17)25/h4-8,11,14-15,18,20,24,29,31H,9-10,12-13H2,1-3H3/b7-4+/t15-,18+,20+,24-,25-,26+/m0/s1. The summed E-state index contributed by atoms with van der Waals surface area (Å²) in [6.07, 6.45) is 8.11. The van der Waals surface area contributed by atoms with Gasteiger partial charge in [-0.2, -0.15) is 0 Å². The number of hydrogen-bond acceptors (Lipinski definition) is 6. The molecule has 2 N–H and O–H groups in total. The van der Waals surface area contributed by atoms with Crippen LogP contribution in [0.25, 0.3) is 6.08 Å². The highest BCUT2D eigenvalue weighted by molar-refractivity contribution is 5.92. The highest BCUT2D eigenvalue weighted by Gasteiger charge is 2.75. The summed E-state index contributed by atoms with van der Waals surface area (Å²) < 4.78 is 11.6. The lowest BCUT2D eigenvalue weighted by atomic mass is 9.45. The molecule has 3 heterocycles. The van der Waals surface area contributed by atoms with E-state index in [1.54, 1.807) is 41.7 Å². The largest absolute Gasteiger partial charge is 0.504 e. The monoisotopic (exact) mass is 450 g/mol. The summed E-state index contributed by atoms with van der Waals surface area (Å²) in [5.74, 6) is 0.425. The number of likely N-dealkylation sites (tertiary alicyclic amines) is 1. The van der Waals surface area contributed by atoms with Gasteiger partial charge in [0.15, 0.2) is 11.5 Å². The number of ether oxygens (including phenoxy) is 1. The maximum Gasteiger partial charge on any atom is 0.246 e. The summed E-state index contributed by atoms with van der Waals surface area (Å²) in [6.45, 7) is 2.93. The molecule has 2 fully saturated rings. The first-order valence-corrected chi connectivity index (χ1v) is 11.7. The first-order chi connectivity index (χ1) is 15.8. The summed E-state index contributed by atoms with van der Waals surface area (Å²) in [4.78, 5) is 17.2. The number of hydrogen-bond donors (Lipinski definition) is 2. The zero-order valence-corrected chi connectivity index (χ0v) is 19.2. The summed E-state index contributed by atoms with van der Waals surface area (Å²) >= 11 is 0. The van der Waals surface area contributed by atoms with Gasteiger partial charge in [0.05, 0.1) is 29.6 Å². The lowest BCUT2D eigenvalue weighted by molar-refractivity contribution is -0.220. The predicted octanol–water partition coefficient (Wildman–Crippen LogP) is 2.56. The van der Waals surface area contributed by atoms with Crippen molar-refractivity contribution in [3.05, 3.63) is 53.5 Å². The van der Waals surface area contributed by atoms with Crippen molar-refractivity contribution in [3.63, 3.8) is 0 Å². The number of carbonyl (C=O) groups excluding carboxylic acids is 1. The number of aliphatic hydroxyl groups is 1. The molecule has 7 nitrogen and oxygen atoms in total. The molecule has 7 heteroatoms. The Morgan fingerprint density at radius 1 is 1.33 bits per heavy atom. The lowest BCUT2D eigenvalue weighted by Gasteiger charge is -2.66. The number of phenols is 1. The van der Waals surface area contributed by atoms with Crippen molar-refractivity contribution in [1.82, 2.24) is 9.80 Å². The molecule has 6 rings (SSSR count). The van der Waals surface area contributed by atoms with Crippen molar-refractivity contribution in [2.24, 2.45) is 5.92 Å². The predicted molar refractivity (Wildman–Crippen MR) is 122 cm³/mol. The minimum atomic E-state index is -0.996. The zero-order chi connectivity index (χ0) is 23.1. The third-order valence-corrected chi connectivity index (χ3v) is 8.93. The second-order valence-corrected chi connectivity index (χ2v) is 10.3. The molecule has 0 radical (unpaired) electrons. The van der Waals surface area contributed by atoms with Crippen LogP contribution in [0.5, 0.6) is 11.5 Å². The fourth-order valence-electron chi connectivity index (χ4n) is 7.34. The van der Waals surface area contributed by atoms with Gasteiger partial charge in [0, 0.05) is 30.3 Å². The molecule has 1 aromatic carbocycles. The molecular weight excluding hydrogens is 420 g/mol. The highest BCUT2D eigenvalue weighted by Crippen LogP contribution is 2.66. The van der Waals surface area contributed by atoms with Crippen molar-refractivity contribution < 1.29 is 24.2 Å². The Balaban J connectivity index is 1.45. The molecule has 33 heavy (non-hydrogen) atoms. The fraction of sp³-hybridized carbons (Fsp3) is 0.500. The number of amides is 1. The van der Waals surface area contributed by atoms with Gasteiger partial charge in [-0.3, -0.25) is 4.79 Å². The number of furan rings is 1. The van der Waals surface area contributed by atoms with Crippen LogP contribution in [-0.4, -0.2) is 70.3 Å². The molecule has 6 atom stereocenters. The molecule has 1 amide bonds.